The molecule has 1 aromatic rings. The summed E-state index contributed by atoms with van der Waals surface area (Å²) in [5, 5.41) is 12.8. The van der Waals surface area contributed by atoms with E-state index in [1.165, 1.54) is 6.07 Å². The molecule has 0 spiro atoms. The number of hydrogen-bond acceptors (Lipinski definition) is 5. The third-order valence-corrected chi connectivity index (χ3v) is 4.35. The van der Waals surface area contributed by atoms with Crippen LogP contribution >= 0.6 is 11.6 Å². The van der Waals surface area contributed by atoms with E-state index in [1.54, 1.807) is 6.07 Å². The van der Waals surface area contributed by atoms with Crippen molar-refractivity contribution in [2.45, 2.75) is 30.8 Å². The summed E-state index contributed by atoms with van der Waals surface area (Å²) < 4.78 is 14.0. The number of amides is 1. The molecule has 0 aliphatic carbocycles. The van der Waals surface area contributed by atoms with Crippen LogP contribution in [0.15, 0.2) is 18.2 Å². The van der Waals surface area contributed by atoms with E-state index < -0.39 is 23.7 Å². The molecule has 0 radical (unpaired) electrons. The van der Waals surface area contributed by atoms with Gasteiger partial charge in [0.1, 0.15) is 11.9 Å². The lowest BCUT2D eigenvalue weighted by atomic mass is 10.0. The number of alkyl halides is 1. The summed E-state index contributed by atoms with van der Waals surface area (Å²) in [5.41, 5.74) is 9.21. The van der Waals surface area contributed by atoms with Gasteiger partial charge in [-0.3, -0.25) is 15.0 Å². The minimum Gasteiger partial charge on any atom is -0.480 e. The minimum absolute atomic E-state index is 0.0970. The number of rotatable bonds is 7. The molecule has 1 aromatic carbocycles. The van der Waals surface area contributed by atoms with E-state index >= 15 is 0 Å². The monoisotopic (exact) mass is 372 g/mol. The van der Waals surface area contributed by atoms with Gasteiger partial charge in [0.05, 0.1) is 11.4 Å². The standard InChI is InChI=1S/C16H22ClFN4O3/c1-2-3-22-14(12(17)7-21-22)9-4-10(6-11(18)5-9)15(23)20-8-13(19)16(24)25/h4-6,12-14,21H,2-3,7-8,19H2,1H3,(H,20,23)(H,24,25)/t12?,13-,14?/m1/s1. The van der Waals surface area contributed by atoms with Crippen LogP contribution in [0.5, 0.6) is 0 Å². The summed E-state index contributed by atoms with van der Waals surface area (Å²) >= 11 is 6.36. The molecule has 9 heteroatoms. The van der Waals surface area contributed by atoms with Crippen molar-refractivity contribution in [2.24, 2.45) is 5.73 Å². The van der Waals surface area contributed by atoms with Crippen LogP contribution in [0.4, 0.5) is 4.39 Å². The average Bonchev–Trinajstić information content (AvgIpc) is 2.92. The maximum Gasteiger partial charge on any atom is 0.322 e. The Kier molecular flexibility index (Phi) is 6.71. The van der Waals surface area contributed by atoms with Gasteiger partial charge < -0.3 is 16.2 Å². The first-order valence-electron chi connectivity index (χ1n) is 8.04. The smallest absolute Gasteiger partial charge is 0.322 e. The number of carboxylic acid groups (broad SMARTS) is 1. The molecule has 1 heterocycles. The lowest BCUT2D eigenvalue weighted by Crippen LogP contribution is -2.42. The fourth-order valence-corrected chi connectivity index (χ4v) is 3.11. The molecule has 1 aliphatic heterocycles. The van der Waals surface area contributed by atoms with Crippen LogP contribution in [-0.2, 0) is 4.79 Å². The zero-order valence-electron chi connectivity index (χ0n) is 13.8. The number of carbonyl (C=O) groups excluding carboxylic acids is 1. The van der Waals surface area contributed by atoms with E-state index in [4.69, 9.17) is 22.4 Å². The number of nitrogens with zero attached hydrogens (tertiary/aromatic N) is 1. The number of halogens is 2. The molecular formula is C16H22ClFN4O3. The predicted molar refractivity (Wildman–Crippen MR) is 91.7 cm³/mol. The Morgan fingerprint density at radius 3 is 2.88 bits per heavy atom. The Morgan fingerprint density at radius 1 is 1.52 bits per heavy atom. The predicted octanol–water partition coefficient (Wildman–Crippen LogP) is 0.846. The van der Waals surface area contributed by atoms with Crippen molar-refractivity contribution in [3.63, 3.8) is 0 Å². The van der Waals surface area contributed by atoms with Gasteiger partial charge in [0, 0.05) is 25.2 Å². The van der Waals surface area contributed by atoms with Gasteiger partial charge in [0.2, 0.25) is 0 Å². The summed E-state index contributed by atoms with van der Waals surface area (Å²) in [7, 11) is 0. The molecule has 0 bridgehead atoms. The highest BCUT2D eigenvalue weighted by atomic mass is 35.5. The Hall–Kier alpha value is -1.74. The largest absolute Gasteiger partial charge is 0.480 e. The zero-order chi connectivity index (χ0) is 18.6. The summed E-state index contributed by atoms with van der Waals surface area (Å²) in [4.78, 5) is 22.9. The highest BCUT2D eigenvalue weighted by Crippen LogP contribution is 2.32. The maximum absolute atomic E-state index is 14.0. The van der Waals surface area contributed by atoms with Crippen molar-refractivity contribution in [1.82, 2.24) is 15.8 Å². The number of aliphatic carboxylic acids is 1. The second kappa shape index (κ2) is 8.57. The van der Waals surface area contributed by atoms with E-state index in [9.17, 15) is 14.0 Å². The van der Waals surface area contributed by atoms with Crippen LogP contribution in [0.3, 0.4) is 0 Å². The van der Waals surface area contributed by atoms with Gasteiger partial charge in [-0.2, -0.15) is 0 Å². The summed E-state index contributed by atoms with van der Waals surface area (Å²) in [6.07, 6.45) is 0.892. The number of nitrogens with two attached hydrogens (primary N) is 1. The highest BCUT2D eigenvalue weighted by Gasteiger charge is 2.34. The number of carboxylic acids is 1. The van der Waals surface area contributed by atoms with Crippen LogP contribution < -0.4 is 16.5 Å². The molecule has 25 heavy (non-hydrogen) atoms. The number of hydrogen-bond donors (Lipinski definition) is 4. The van der Waals surface area contributed by atoms with Crippen molar-refractivity contribution in [3.8, 4) is 0 Å². The molecule has 1 aliphatic rings. The van der Waals surface area contributed by atoms with Crippen LogP contribution in [0.1, 0.15) is 35.3 Å². The highest BCUT2D eigenvalue weighted by molar-refractivity contribution is 6.21. The third kappa shape index (κ3) is 4.88. The van der Waals surface area contributed by atoms with E-state index in [1.807, 2.05) is 11.9 Å². The SMILES string of the molecule is CCCN1NCC(Cl)C1c1cc(F)cc(C(=O)NC[C@@H](N)C(=O)O)c1. The van der Waals surface area contributed by atoms with Gasteiger partial charge in [0.25, 0.3) is 5.91 Å². The van der Waals surface area contributed by atoms with E-state index in [0.29, 0.717) is 12.1 Å². The molecule has 1 fully saturated rings. The zero-order valence-corrected chi connectivity index (χ0v) is 14.6. The number of carbonyl (C=O) groups is 2. The lowest BCUT2D eigenvalue weighted by molar-refractivity contribution is -0.138. The molecule has 2 rings (SSSR count). The van der Waals surface area contributed by atoms with Crippen LogP contribution in [0.25, 0.3) is 0 Å². The molecule has 7 nitrogen and oxygen atoms in total. The molecule has 1 saturated heterocycles. The first-order valence-corrected chi connectivity index (χ1v) is 8.48. The molecule has 1 amide bonds. The molecule has 138 valence electrons. The third-order valence-electron chi connectivity index (χ3n) is 3.96. The summed E-state index contributed by atoms with van der Waals surface area (Å²) in [5.74, 6) is -2.37. The summed E-state index contributed by atoms with van der Waals surface area (Å²) in [6.45, 7) is 3.07. The van der Waals surface area contributed by atoms with Crippen LogP contribution in [0, 0.1) is 5.82 Å². The normalized spacial score (nSPS) is 21.9. The quantitative estimate of drug-likeness (QED) is 0.528. The number of benzene rings is 1. The molecule has 0 aromatic heterocycles. The summed E-state index contributed by atoms with van der Waals surface area (Å²) in [6, 6.07) is 2.55. The van der Waals surface area contributed by atoms with Gasteiger partial charge in [-0.15, -0.1) is 11.6 Å². The van der Waals surface area contributed by atoms with E-state index in [2.05, 4.69) is 10.7 Å². The Morgan fingerprint density at radius 2 is 2.24 bits per heavy atom. The van der Waals surface area contributed by atoms with Crippen LogP contribution in [-0.4, -0.2) is 53.0 Å². The van der Waals surface area contributed by atoms with Crippen molar-refractivity contribution in [1.29, 1.82) is 0 Å². The lowest BCUT2D eigenvalue weighted by Gasteiger charge is -2.25. The van der Waals surface area contributed by atoms with Gasteiger partial charge in [-0.25, -0.2) is 9.40 Å². The average molecular weight is 373 g/mol. The molecular weight excluding hydrogens is 351 g/mol. The van der Waals surface area contributed by atoms with Gasteiger partial charge in [-0.05, 0) is 30.2 Å². The number of hydrazine groups is 1. The van der Waals surface area contributed by atoms with Crippen molar-refractivity contribution in [3.05, 3.63) is 35.1 Å². The Labute approximate surface area is 150 Å². The molecule has 2 unspecified atom stereocenters. The topological polar surface area (TPSA) is 108 Å². The van der Waals surface area contributed by atoms with Gasteiger partial charge >= 0.3 is 5.97 Å². The minimum atomic E-state index is -1.22. The molecule has 0 saturated carbocycles. The molecule has 5 N–H and O–H groups in total. The van der Waals surface area contributed by atoms with Crippen LogP contribution in [0.2, 0.25) is 0 Å². The van der Waals surface area contributed by atoms with E-state index in [-0.39, 0.29) is 23.5 Å². The maximum atomic E-state index is 14.0. The van der Waals surface area contributed by atoms with Gasteiger partial charge in [0.15, 0.2) is 0 Å². The van der Waals surface area contributed by atoms with Crippen molar-refractivity contribution >= 4 is 23.5 Å². The Balaban J connectivity index is 2.19. The first-order chi connectivity index (χ1) is 11.8. The van der Waals surface area contributed by atoms with Crippen molar-refractivity contribution in [2.75, 3.05) is 19.6 Å². The number of nitrogens with one attached hydrogen (secondary N) is 2. The fourth-order valence-electron chi connectivity index (χ4n) is 2.76. The fraction of sp³-hybridized carbons (Fsp3) is 0.500. The van der Waals surface area contributed by atoms with Gasteiger partial charge in [-0.1, -0.05) is 6.92 Å². The first kappa shape index (κ1) is 19.6. The Bertz CT molecular complexity index is 644. The van der Waals surface area contributed by atoms with Crippen molar-refractivity contribution < 1.29 is 19.1 Å². The second-order valence-corrected chi connectivity index (χ2v) is 6.51. The molecule has 3 atom stereocenters. The van der Waals surface area contributed by atoms with E-state index in [0.717, 1.165) is 19.0 Å². The second-order valence-electron chi connectivity index (χ2n) is 5.94.